The van der Waals surface area contributed by atoms with Crippen molar-refractivity contribution < 1.29 is 9.18 Å². The summed E-state index contributed by atoms with van der Waals surface area (Å²) < 4.78 is 14.9. The zero-order valence-corrected chi connectivity index (χ0v) is 15.3. The summed E-state index contributed by atoms with van der Waals surface area (Å²) in [6.07, 6.45) is 5.74. The van der Waals surface area contributed by atoms with E-state index in [1.807, 2.05) is 16.8 Å². The minimum absolute atomic E-state index is 0. The Balaban J connectivity index is 0.00000196. The van der Waals surface area contributed by atoms with E-state index in [0.717, 1.165) is 44.3 Å². The molecule has 2 aromatic rings. The summed E-state index contributed by atoms with van der Waals surface area (Å²) >= 11 is 0. The van der Waals surface area contributed by atoms with Crippen LogP contribution in [0.5, 0.6) is 0 Å². The molecule has 1 saturated heterocycles. The van der Waals surface area contributed by atoms with Crippen LogP contribution in [-0.4, -0.2) is 40.5 Å². The van der Waals surface area contributed by atoms with Crippen LogP contribution in [-0.2, 0) is 5.41 Å². The summed E-state index contributed by atoms with van der Waals surface area (Å²) in [5.74, 6) is -0.438. The molecule has 1 aliphatic heterocycles. The third-order valence-corrected chi connectivity index (χ3v) is 5.32. The van der Waals surface area contributed by atoms with Gasteiger partial charge < -0.3 is 10.6 Å². The number of piperidine rings is 1. The second-order valence-electron chi connectivity index (χ2n) is 7.03. The maximum atomic E-state index is 13.1. The van der Waals surface area contributed by atoms with Gasteiger partial charge in [0.1, 0.15) is 5.82 Å². The van der Waals surface area contributed by atoms with Gasteiger partial charge in [-0.3, -0.25) is 4.79 Å². The minimum Gasteiger partial charge on any atom is -0.350 e. The van der Waals surface area contributed by atoms with Gasteiger partial charge in [-0.05, 0) is 56.5 Å². The normalized spacial score (nSPS) is 18.8. The Kier molecular flexibility index (Phi) is 5.58. The van der Waals surface area contributed by atoms with Crippen LogP contribution in [0.15, 0.2) is 30.5 Å². The summed E-state index contributed by atoms with van der Waals surface area (Å²) in [6, 6.07) is 6.87. The van der Waals surface area contributed by atoms with Crippen molar-refractivity contribution in [3.05, 3.63) is 47.5 Å². The Morgan fingerprint density at radius 1 is 1.27 bits per heavy atom. The molecule has 6 nitrogen and oxygen atoms in total. The van der Waals surface area contributed by atoms with E-state index in [2.05, 4.69) is 20.9 Å². The molecule has 2 N–H and O–H groups in total. The first kappa shape index (κ1) is 18.8. The zero-order valence-electron chi connectivity index (χ0n) is 14.4. The fourth-order valence-electron chi connectivity index (χ4n) is 3.49. The lowest BCUT2D eigenvalue weighted by atomic mass is 9.96. The number of carbonyl (C=O) groups is 1. The van der Waals surface area contributed by atoms with E-state index in [1.54, 1.807) is 6.20 Å². The van der Waals surface area contributed by atoms with Gasteiger partial charge in [0.05, 0.1) is 12.2 Å². The smallest absolute Gasteiger partial charge is 0.273 e. The lowest BCUT2D eigenvalue weighted by molar-refractivity contribution is 0.0944. The van der Waals surface area contributed by atoms with Crippen molar-refractivity contribution in [1.82, 2.24) is 25.6 Å². The van der Waals surface area contributed by atoms with Crippen LogP contribution in [0.1, 0.15) is 47.8 Å². The SMILES string of the molecule is Cl.O=C(NCC1(c2ccc(F)cc2)CC1)c1cn(C2CCNCC2)nn1. The van der Waals surface area contributed by atoms with E-state index in [0.29, 0.717) is 18.3 Å². The zero-order chi connectivity index (χ0) is 17.3. The van der Waals surface area contributed by atoms with Gasteiger partial charge in [0.2, 0.25) is 0 Å². The Morgan fingerprint density at radius 2 is 1.96 bits per heavy atom. The largest absolute Gasteiger partial charge is 0.350 e. The molecule has 0 unspecified atom stereocenters. The van der Waals surface area contributed by atoms with Crippen molar-refractivity contribution >= 4 is 18.3 Å². The average molecular weight is 380 g/mol. The number of rotatable bonds is 5. The van der Waals surface area contributed by atoms with E-state index < -0.39 is 0 Å². The Bertz CT molecular complexity index is 753. The summed E-state index contributed by atoms with van der Waals surface area (Å²) in [4.78, 5) is 12.4. The number of halogens is 2. The third-order valence-electron chi connectivity index (χ3n) is 5.32. The highest BCUT2D eigenvalue weighted by atomic mass is 35.5. The average Bonchev–Trinajstić information content (AvgIpc) is 3.27. The second-order valence-corrected chi connectivity index (χ2v) is 7.03. The van der Waals surface area contributed by atoms with E-state index >= 15 is 0 Å². The molecule has 0 radical (unpaired) electrons. The Labute approximate surface area is 158 Å². The lowest BCUT2D eigenvalue weighted by Crippen LogP contribution is -2.32. The van der Waals surface area contributed by atoms with Crippen LogP contribution >= 0.6 is 12.4 Å². The van der Waals surface area contributed by atoms with Gasteiger partial charge in [-0.25, -0.2) is 9.07 Å². The molecule has 1 aromatic heterocycles. The van der Waals surface area contributed by atoms with Gasteiger partial charge in [0.25, 0.3) is 5.91 Å². The van der Waals surface area contributed by atoms with Crippen LogP contribution in [0, 0.1) is 5.82 Å². The highest BCUT2D eigenvalue weighted by Crippen LogP contribution is 2.47. The van der Waals surface area contributed by atoms with Crippen molar-refractivity contribution in [2.75, 3.05) is 19.6 Å². The van der Waals surface area contributed by atoms with Gasteiger partial charge in [-0.2, -0.15) is 0 Å². The van der Waals surface area contributed by atoms with Gasteiger partial charge in [0, 0.05) is 12.0 Å². The molecule has 1 amide bonds. The molecule has 0 atom stereocenters. The standard InChI is InChI=1S/C18H22FN5O.ClH/c19-14-3-1-13(2-4-14)18(7-8-18)12-21-17(25)16-11-24(23-22-16)15-5-9-20-10-6-15;/h1-4,11,15,20H,5-10,12H2,(H,21,25);1H. The first-order valence-electron chi connectivity index (χ1n) is 8.83. The van der Waals surface area contributed by atoms with E-state index in [-0.39, 0.29) is 29.5 Å². The second kappa shape index (κ2) is 7.72. The van der Waals surface area contributed by atoms with Crippen molar-refractivity contribution in [2.45, 2.75) is 37.1 Å². The monoisotopic (exact) mass is 379 g/mol. The third kappa shape index (κ3) is 3.88. The Morgan fingerprint density at radius 3 is 2.62 bits per heavy atom. The first-order chi connectivity index (χ1) is 12.2. The van der Waals surface area contributed by atoms with Crippen molar-refractivity contribution in [3.63, 3.8) is 0 Å². The van der Waals surface area contributed by atoms with Gasteiger partial charge in [0.15, 0.2) is 5.69 Å². The summed E-state index contributed by atoms with van der Waals surface area (Å²) in [5, 5.41) is 14.4. The van der Waals surface area contributed by atoms with Gasteiger partial charge >= 0.3 is 0 Å². The van der Waals surface area contributed by atoms with Crippen LogP contribution in [0.25, 0.3) is 0 Å². The van der Waals surface area contributed by atoms with Crippen molar-refractivity contribution in [2.24, 2.45) is 0 Å². The molecule has 1 saturated carbocycles. The van der Waals surface area contributed by atoms with Crippen molar-refractivity contribution in [3.8, 4) is 0 Å². The predicted octanol–water partition coefficient (Wildman–Crippen LogP) is 2.23. The molecule has 1 aromatic carbocycles. The van der Waals surface area contributed by atoms with E-state index in [9.17, 15) is 9.18 Å². The molecule has 140 valence electrons. The first-order valence-corrected chi connectivity index (χ1v) is 8.83. The molecule has 8 heteroatoms. The number of hydrogen-bond acceptors (Lipinski definition) is 4. The number of aromatic nitrogens is 3. The fraction of sp³-hybridized carbons (Fsp3) is 0.500. The van der Waals surface area contributed by atoms with E-state index in [1.165, 1.54) is 12.1 Å². The van der Waals surface area contributed by atoms with Crippen LogP contribution in [0.4, 0.5) is 4.39 Å². The molecule has 2 aliphatic rings. The van der Waals surface area contributed by atoms with Gasteiger partial charge in [-0.15, -0.1) is 17.5 Å². The molecule has 2 heterocycles. The highest BCUT2D eigenvalue weighted by molar-refractivity contribution is 5.91. The summed E-state index contributed by atoms with van der Waals surface area (Å²) in [5.41, 5.74) is 1.37. The van der Waals surface area contributed by atoms with Crippen LogP contribution < -0.4 is 10.6 Å². The molecular weight excluding hydrogens is 357 g/mol. The Hall–Kier alpha value is -1.99. The summed E-state index contributed by atoms with van der Waals surface area (Å²) in [7, 11) is 0. The number of nitrogens with one attached hydrogen (secondary N) is 2. The van der Waals surface area contributed by atoms with Crippen molar-refractivity contribution in [1.29, 1.82) is 0 Å². The van der Waals surface area contributed by atoms with E-state index in [4.69, 9.17) is 0 Å². The summed E-state index contributed by atoms with van der Waals surface area (Å²) in [6.45, 7) is 2.47. The fourth-order valence-corrected chi connectivity index (χ4v) is 3.49. The molecule has 1 aliphatic carbocycles. The molecule has 0 bridgehead atoms. The number of nitrogens with zero attached hydrogens (tertiary/aromatic N) is 3. The molecular formula is C18H23ClFN5O. The predicted molar refractivity (Wildman–Crippen MR) is 98.1 cm³/mol. The maximum Gasteiger partial charge on any atom is 0.273 e. The number of benzene rings is 1. The lowest BCUT2D eigenvalue weighted by Gasteiger charge is -2.22. The molecule has 4 rings (SSSR count). The number of hydrogen-bond donors (Lipinski definition) is 2. The van der Waals surface area contributed by atoms with Crippen LogP contribution in [0.3, 0.4) is 0 Å². The quantitative estimate of drug-likeness (QED) is 0.835. The number of amides is 1. The topological polar surface area (TPSA) is 71.8 Å². The molecule has 2 fully saturated rings. The number of carbonyl (C=O) groups excluding carboxylic acids is 1. The maximum absolute atomic E-state index is 13.1. The molecule has 0 spiro atoms. The highest BCUT2D eigenvalue weighted by Gasteiger charge is 2.44. The molecule has 26 heavy (non-hydrogen) atoms. The van der Waals surface area contributed by atoms with Crippen LogP contribution in [0.2, 0.25) is 0 Å². The van der Waals surface area contributed by atoms with Gasteiger partial charge in [-0.1, -0.05) is 17.3 Å². The minimum atomic E-state index is -0.238.